The number of carbonyl (C=O) groups excluding carboxylic acids is 1. The molecule has 5 heteroatoms. The van der Waals surface area contributed by atoms with Crippen molar-refractivity contribution in [3.05, 3.63) is 35.6 Å². The minimum atomic E-state index is -0.247. The molecule has 1 aromatic carbocycles. The van der Waals surface area contributed by atoms with Crippen molar-refractivity contribution in [1.82, 2.24) is 10.2 Å². The maximum absolute atomic E-state index is 13.2. The van der Waals surface area contributed by atoms with Crippen molar-refractivity contribution in [3.8, 4) is 0 Å². The second-order valence-corrected chi connectivity index (χ2v) is 7.89. The topological polar surface area (TPSA) is 32.3 Å². The van der Waals surface area contributed by atoms with Gasteiger partial charge in [-0.25, -0.2) is 4.39 Å². The fourth-order valence-electron chi connectivity index (χ4n) is 3.03. The van der Waals surface area contributed by atoms with E-state index in [9.17, 15) is 9.18 Å². The molecule has 1 heterocycles. The van der Waals surface area contributed by atoms with Gasteiger partial charge in [-0.3, -0.25) is 4.79 Å². The number of benzene rings is 1. The van der Waals surface area contributed by atoms with Crippen LogP contribution in [0.3, 0.4) is 0 Å². The number of likely N-dealkylation sites (N-methyl/N-ethyl adjacent to an activating group) is 1. The molecule has 0 aromatic heterocycles. The van der Waals surface area contributed by atoms with Crippen LogP contribution in [0.1, 0.15) is 38.8 Å². The molecule has 23 heavy (non-hydrogen) atoms. The lowest BCUT2D eigenvalue weighted by Gasteiger charge is -2.28. The number of halogens is 1. The van der Waals surface area contributed by atoms with Gasteiger partial charge in [0.05, 0.1) is 6.04 Å². The average molecular weight is 338 g/mol. The SMILES string of the molecule is CC(C)CSC[C@H](C)N[C@H]1CC(=O)N(C)[C@@H]1c1ccc(F)cc1. The highest BCUT2D eigenvalue weighted by atomic mass is 32.2. The van der Waals surface area contributed by atoms with Gasteiger partial charge >= 0.3 is 0 Å². The molecule has 128 valence electrons. The van der Waals surface area contributed by atoms with Gasteiger partial charge in [0, 0.05) is 31.3 Å². The van der Waals surface area contributed by atoms with Crippen LogP contribution < -0.4 is 5.32 Å². The van der Waals surface area contributed by atoms with Crippen LogP contribution in [0.15, 0.2) is 24.3 Å². The summed E-state index contributed by atoms with van der Waals surface area (Å²) in [5, 5.41) is 3.60. The first-order chi connectivity index (χ1) is 10.9. The molecule has 0 saturated carbocycles. The fourth-order valence-corrected chi connectivity index (χ4v) is 4.09. The van der Waals surface area contributed by atoms with Gasteiger partial charge in [-0.2, -0.15) is 11.8 Å². The first kappa shape index (κ1) is 18.3. The zero-order valence-electron chi connectivity index (χ0n) is 14.4. The molecule has 1 N–H and O–H groups in total. The first-order valence-electron chi connectivity index (χ1n) is 8.23. The Morgan fingerprint density at radius 1 is 1.26 bits per heavy atom. The molecular weight excluding hydrogens is 311 g/mol. The largest absolute Gasteiger partial charge is 0.337 e. The van der Waals surface area contributed by atoms with Crippen LogP contribution in [-0.2, 0) is 4.79 Å². The smallest absolute Gasteiger partial charge is 0.224 e. The van der Waals surface area contributed by atoms with E-state index < -0.39 is 0 Å². The summed E-state index contributed by atoms with van der Waals surface area (Å²) in [6, 6.07) is 6.87. The Morgan fingerprint density at radius 2 is 1.91 bits per heavy atom. The summed E-state index contributed by atoms with van der Waals surface area (Å²) >= 11 is 1.94. The number of hydrogen-bond donors (Lipinski definition) is 1. The molecule has 1 amide bonds. The highest BCUT2D eigenvalue weighted by Crippen LogP contribution is 2.32. The van der Waals surface area contributed by atoms with Gasteiger partial charge in [0.25, 0.3) is 0 Å². The first-order valence-corrected chi connectivity index (χ1v) is 9.39. The maximum atomic E-state index is 13.2. The lowest BCUT2D eigenvalue weighted by atomic mass is 9.99. The number of rotatable bonds is 7. The van der Waals surface area contributed by atoms with Crippen molar-refractivity contribution in [2.45, 2.75) is 45.3 Å². The van der Waals surface area contributed by atoms with Crippen LogP contribution in [0.25, 0.3) is 0 Å². The Kier molecular flexibility index (Phi) is 6.48. The second-order valence-electron chi connectivity index (χ2n) is 6.81. The summed E-state index contributed by atoms with van der Waals surface area (Å²) in [5.74, 6) is 2.76. The second kappa shape index (κ2) is 8.15. The molecule has 1 fully saturated rings. The van der Waals surface area contributed by atoms with Gasteiger partial charge in [0.1, 0.15) is 5.82 Å². The van der Waals surface area contributed by atoms with E-state index >= 15 is 0 Å². The molecule has 1 aromatic rings. The summed E-state index contributed by atoms with van der Waals surface area (Å²) in [7, 11) is 1.83. The Labute approximate surface area is 143 Å². The van der Waals surface area contributed by atoms with E-state index in [4.69, 9.17) is 0 Å². The molecule has 1 aliphatic heterocycles. The van der Waals surface area contributed by atoms with Crippen LogP contribution in [-0.4, -0.2) is 41.4 Å². The Balaban J connectivity index is 2.01. The maximum Gasteiger partial charge on any atom is 0.224 e. The number of nitrogens with one attached hydrogen (secondary N) is 1. The molecule has 0 aliphatic carbocycles. The van der Waals surface area contributed by atoms with E-state index in [0.29, 0.717) is 18.4 Å². The quantitative estimate of drug-likeness (QED) is 0.826. The Hall–Kier alpha value is -1.07. The van der Waals surface area contributed by atoms with E-state index in [2.05, 4.69) is 26.1 Å². The van der Waals surface area contributed by atoms with E-state index in [0.717, 1.165) is 17.1 Å². The molecular formula is C18H27FN2OS. The summed E-state index contributed by atoms with van der Waals surface area (Å²) in [5.41, 5.74) is 0.985. The minimum absolute atomic E-state index is 0.0272. The van der Waals surface area contributed by atoms with Crippen LogP contribution in [0.5, 0.6) is 0 Å². The van der Waals surface area contributed by atoms with Crippen molar-refractivity contribution in [2.24, 2.45) is 5.92 Å². The van der Waals surface area contributed by atoms with Crippen molar-refractivity contribution in [3.63, 3.8) is 0 Å². The highest BCUT2D eigenvalue weighted by molar-refractivity contribution is 7.99. The Bertz CT molecular complexity index is 520. The molecule has 3 nitrogen and oxygen atoms in total. The van der Waals surface area contributed by atoms with E-state index in [-0.39, 0.29) is 23.8 Å². The van der Waals surface area contributed by atoms with E-state index in [1.54, 1.807) is 17.0 Å². The van der Waals surface area contributed by atoms with Crippen molar-refractivity contribution >= 4 is 17.7 Å². The highest BCUT2D eigenvalue weighted by Gasteiger charge is 2.38. The van der Waals surface area contributed by atoms with E-state index in [1.807, 2.05) is 18.8 Å². The van der Waals surface area contributed by atoms with Gasteiger partial charge in [-0.15, -0.1) is 0 Å². The molecule has 1 aliphatic rings. The Morgan fingerprint density at radius 3 is 2.52 bits per heavy atom. The third-order valence-corrected chi connectivity index (χ3v) is 5.75. The lowest BCUT2D eigenvalue weighted by molar-refractivity contribution is -0.127. The lowest BCUT2D eigenvalue weighted by Crippen LogP contribution is -2.41. The van der Waals surface area contributed by atoms with Gasteiger partial charge in [-0.1, -0.05) is 26.0 Å². The van der Waals surface area contributed by atoms with Gasteiger partial charge in [-0.05, 0) is 36.3 Å². The summed E-state index contributed by atoms with van der Waals surface area (Å²) < 4.78 is 13.2. The molecule has 0 radical (unpaired) electrons. The minimum Gasteiger partial charge on any atom is -0.337 e. The summed E-state index contributed by atoms with van der Waals surface area (Å²) in [4.78, 5) is 13.9. The van der Waals surface area contributed by atoms with Crippen molar-refractivity contribution in [1.29, 1.82) is 0 Å². The van der Waals surface area contributed by atoms with Crippen LogP contribution in [0.2, 0.25) is 0 Å². The summed E-state index contributed by atoms with van der Waals surface area (Å²) in [6.07, 6.45) is 0.498. The third-order valence-electron chi connectivity index (χ3n) is 4.12. The number of carbonyl (C=O) groups is 1. The number of thioether (sulfide) groups is 1. The van der Waals surface area contributed by atoms with Gasteiger partial charge in [0.15, 0.2) is 0 Å². The number of likely N-dealkylation sites (tertiary alicyclic amines) is 1. The zero-order chi connectivity index (χ0) is 17.0. The van der Waals surface area contributed by atoms with Gasteiger partial charge < -0.3 is 10.2 Å². The van der Waals surface area contributed by atoms with Crippen LogP contribution in [0, 0.1) is 11.7 Å². The standard InChI is InChI=1S/C18H27FN2OS/c1-12(2)10-23-11-13(3)20-16-9-17(22)21(4)18(16)14-5-7-15(19)8-6-14/h5-8,12-13,16,18,20H,9-11H2,1-4H3/t13-,16-,18+/m0/s1. The number of hydrogen-bond acceptors (Lipinski definition) is 3. The fraction of sp³-hybridized carbons (Fsp3) is 0.611. The zero-order valence-corrected chi connectivity index (χ0v) is 15.2. The molecule has 3 atom stereocenters. The third kappa shape index (κ3) is 4.95. The van der Waals surface area contributed by atoms with E-state index in [1.165, 1.54) is 12.1 Å². The predicted molar refractivity (Wildman–Crippen MR) is 95.1 cm³/mol. The van der Waals surface area contributed by atoms with Crippen LogP contribution in [0.4, 0.5) is 4.39 Å². The molecule has 0 spiro atoms. The van der Waals surface area contributed by atoms with Gasteiger partial charge in [0.2, 0.25) is 5.91 Å². The predicted octanol–water partition coefficient (Wildman–Crippen LogP) is 3.46. The molecule has 0 bridgehead atoms. The summed E-state index contributed by atoms with van der Waals surface area (Å²) in [6.45, 7) is 6.61. The molecule has 0 unspecified atom stereocenters. The molecule has 2 rings (SSSR count). The van der Waals surface area contributed by atoms with Crippen molar-refractivity contribution < 1.29 is 9.18 Å². The average Bonchev–Trinajstić information content (AvgIpc) is 2.74. The number of nitrogens with zero attached hydrogens (tertiary/aromatic N) is 1. The molecule has 1 saturated heterocycles. The van der Waals surface area contributed by atoms with Crippen LogP contribution >= 0.6 is 11.8 Å². The normalized spacial score (nSPS) is 22.9. The van der Waals surface area contributed by atoms with Crippen molar-refractivity contribution in [2.75, 3.05) is 18.6 Å². The number of amides is 1. The monoisotopic (exact) mass is 338 g/mol.